The van der Waals surface area contributed by atoms with Gasteiger partial charge in [-0.25, -0.2) is 9.78 Å². The van der Waals surface area contributed by atoms with Crippen LogP contribution in [0.4, 0.5) is 0 Å². The van der Waals surface area contributed by atoms with E-state index in [0.717, 1.165) is 17.8 Å². The number of carbonyl (C=O) groups excluding carboxylic acids is 1. The van der Waals surface area contributed by atoms with Crippen LogP contribution >= 0.6 is 11.3 Å². The number of esters is 1. The number of hydrogen-bond donors (Lipinski definition) is 0. The van der Waals surface area contributed by atoms with E-state index in [2.05, 4.69) is 43.1 Å². The lowest BCUT2D eigenvalue weighted by atomic mass is 9.76. The van der Waals surface area contributed by atoms with Gasteiger partial charge in [-0.2, -0.15) is 0 Å². The molecule has 0 bridgehead atoms. The molecule has 0 amide bonds. The van der Waals surface area contributed by atoms with Gasteiger partial charge in [-0.15, -0.1) is 11.3 Å². The number of aromatic nitrogens is 1. The van der Waals surface area contributed by atoms with E-state index in [0.29, 0.717) is 12.3 Å². The summed E-state index contributed by atoms with van der Waals surface area (Å²) in [7, 11) is 0. The maximum Gasteiger partial charge on any atom is 0.357 e. The monoisotopic (exact) mass is 303 g/mol. The normalized spacial score (nSPS) is 11.4. The lowest BCUT2D eigenvalue weighted by Gasteiger charge is -2.30. The fourth-order valence-corrected chi connectivity index (χ4v) is 3.79. The molecule has 2 rings (SSSR count). The molecule has 0 N–H and O–H groups in total. The van der Waals surface area contributed by atoms with E-state index in [9.17, 15) is 4.79 Å². The van der Waals surface area contributed by atoms with Crippen LogP contribution in [0.5, 0.6) is 0 Å². The molecule has 0 saturated heterocycles. The van der Waals surface area contributed by atoms with Crippen LogP contribution < -0.4 is 0 Å². The average Bonchev–Trinajstić information content (AvgIpc) is 3.01. The van der Waals surface area contributed by atoms with Crippen LogP contribution in [0.15, 0.2) is 35.7 Å². The summed E-state index contributed by atoms with van der Waals surface area (Å²) in [5, 5.41) is 2.79. The minimum atomic E-state index is -0.339. The molecule has 0 aliphatic carbocycles. The third kappa shape index (κ3) is 3.00. The highest BCUT2D eigenvalue weighted by Gasteiger charge is 2.34. The summed E-state index contributed by atoms with van der Waals surface area (Å²) in [5.74, 6) is -0.339. The fourth-order valence-electron chi connectivity index (χ4n) is 2.63. The zero-order valence-electron chi connectivity index (χ0n) is 12.8. The molecule has 0 spiro atoms. The molecular formula is C17H21NO2S. The fraction of sp³-hybridized carbons (Fsp3) is 0.412. The quantitative estimate of drug-likeness (QED) is 0.741. The van der Waals surface area contributed by atoms with Crippen molar-refractivity contribution in [2.75, 3.05) is 6.61 Å². The first-order valence-corrected chi connectivity index (χ1v) is 8.24. The third-order valence-corrected chi connectivity index (χ3v) is 4.98. The maximum atomic E-state index is 11.8. The molecule has 0 fully saturated rings. The van der Waals surface area contributed by atoms with Gasteiger partial charge in [-0.3, -0.25) is 0 Å². The number of carbonyl (C=O) groups is 1. The molecule has 0 aliphatic heterocycles. The van der Waals surface area contributed by atoms with Crippen molar-refractivity contribution >= 4 is 17.3 Å². The smallest absolute Gasteiger partial charge is 0.357 e. The topological polar surface area (TPSA) is 39.2 Å². The van der Waals surface area contributed by atoms with Gasteiger partial charge < -0.3 is 4.74 Å². The highest BCUT2D eigenvalue weighted by Crippen LogP contribution is 2.40. The number of nitrogens with zero attached hydrogens (tertiary/aromatic N) is 1. The van der Waals surface area contributed by atoms with Crippen LogP contribution in [0.3, 0.4) is 0 Å². The Balaban J connectivity index is 2.42. The Morgan fingerprint density at radius 3 is 2.43 bits per heavy atom. The second kappa shape index (κ2) is 6.85. The zero-order chi connectivity index (χ0) is 15.3. The summed E-state index contributed by atoms with van der Waals surface area (Å²) in [6.07, 6.45) is 1.90. The molecule has 0 aliphatic rings. The van der Waals surface area contributed by atoms with E-state index in [1.807, 2.05) is 6.07 Å². The highest BCUT2D eigenvalue weighted by molar-refractivity contribution is 7.10. The zero-order valence-corrected chi connectivity index (χ0v) is 13.6. The Morgan fingerprint density at radius 2 is 1.86 bits per heavy atom. The molecule has 1 heterocycles. The Kier molecular flexibility index (Phi) is 5.12. The number of benzene rings is 1. The van der Waals surface area contributed by atoms with Crippen LogP contribution in [0.1, 0.15) is 54.7 Å². The molecular weight excluding hydrogens is 282 g/mol. The predicted molar refractivity (Wildman–Crippen MR) is 85.9 cm³/mol. The summed E-state index contributed by atoms with van der Waals surface area (Å²) in [6.45, 7) is 6.51. The molecule has 0 radical (unpaired) electrons. The van der Waals surface area contributed by atoms with E-state index in [-0.39, 0.29) is 11.4 Å². The van der Waals surface area contributed by atoms with Gasteiger partial charge in [0.15, 0.2) is 5.69 Å². The lowest BCUT2D eigenvalue weighted by molar-refractivity contribution is 0.0520. The number of rotatable bonds is 6. The van der Waals surface area contributed by atoms with Crippen molar-refractivity contribution in [3.05, 3.63) is 52.0 Å². The van der Waals surface area contributed by atoms with Gasteiger partial charge in [0.25, 0.3) is 0 Å². The first-order chi connectivity index (χ1) is 10.2. The Bertz CT molecular complexity index is 588. The SMILES string of the molecule is CCOC(=O)c1csc(C(CC)(CC)c2ccccc2)n1. The van der Waals surface area contributed by atoms with Gasteiger partial charge in [0.1, 0.15) is 5.01 Å². The minimum Gasteiger partial charge on any atom is -0.461 e. The van der Waals surface area contributed by atoms with Crippen LogP contribution in [-0.4, -0.2) is 17.6 Å². The number of ether oxygens (including phenoxy) is 1. The Hall–Kier alpha value is -1.68. The van der Waals surface area contributed by atoms with Crippen molar-refractivity contribution in [3.63, 3.8) is 0 Å². The molecule has 3 nitrogen and oxygen atoms in total. The summed E-state index contributed by atoms with van der Waals surface area (Å²) < 4.78 is 5.03. The van der Waals surface area contributed by atoms with E-state index in [4.69, 9.17) is 4.74 Å². The first-order valence-electron chi connectivity index (χ1n) is 7.36. The Morgan fingerprint density at radius 1 is 1.19 bits per heavy atom. The van der Waals surface area contributed by atoms with Crippen molar-refractivity contribution in [3.8, 4) is 0 Å². The summed E-state index contributed by atoms with van der Waals surface area (Å²) >= 11 is 1.54. The van der Waals surface area contributed by atoms with Crippen molar-refractivity contribution in [1.29, 1.82) is 0 Å². The second-order valence-electron chi connectivity index (χ2n) is 4.91. The lowest BCUT2D eigenvalue weighted by Crippen LogP contribution is -2.26. The van der Waals surface area contributed by atoms with Gasteiger partial charge in [0.05, 0.1) is 6.61 Å². The van der Waals surface area contributed by atoms with E-state index >= 15 is 0 Å². The van der Waals surface area contributed by atoms with Gasteiger partial charge in [0, 0.05) is 10.8 Å². The molecule has 1 aromatic carbocycles. The van der Waals surface area contributed by atoms with Gasteiger partial charge >= 0.3 is 5.97 Å². The first kappa shape index (κ1) is 15.7. The van der Waals surface area contributed by atoms with Crippen molar-refractivity contribution in [1.82, 2.24) is 4.98 Å². The number of thiazole rings is 1. The second-order valence-corrected chi connectivity index (χ2v) is 5.77. The summed E-state index contributed by atoms with van der Waals surface area (Å²) in [6, 6.07) is 10.4. The van der Waals surface area contributed by atoms with Crippen LogP contribution in [0.2, 0.25) is 0 Å². The van der Waals surface area contributed by atoms with E-state index < -0.39 is 0 Å². The van der Waals surface area contributed by atoms with Gasteiger partial charge in [0.2, 0.25) is 0 Å². The molecule has 2 aromatic rings. The molecule has 1 aromatic heterocycles. The maximum absolute atomic E-state index is 11.8. The summed E-state index contributed by atoms with van der Waals surface area (Å²) in [4.78, 5) is 16.4. The molecule has 0 atom stereocenters. The van der Waals surface area contributed by atoms with E-state index in [1.54, 1.807) is 23.6 Å². The highest BCUT2D eigenvalue weighted by atomic mass is 32.1. The van der Waals surface area contributed by atoms with Crippen molar-refractivity contribution in [2.24, 2.45) is 0 Å². The minimum absolute atomic E-state index is 0.128. The van der Waals surface area contributed by atoms with Gasteiger partial charge in [-0.05, 0) is 25.3 Å². The van der Waals surface area contributed by atoms with E-state index in [1.165, 1.54) is 5.56 Å². The van der Waals surface area contributed by atoms with Crippen molar-refractivity contribution in [2.45, 2.75) is 39.0 Å². The molecule has 4 heteroatoms. The summed E-state index contributed by atoms with van der Waals surface area (Å²) in [5.41, 5.74) is 1.54. The van der Waals surface area contributed by atoms with Crippen LogP contribution in [-0.2, 0) is 10.2 Å². The van der Waals surface area contributed by atoms with Crippen molar-refractivity contribution < 1.29 is 9.53 Å². The standard InChI is InChI=1S/C17H21NO2S/c1-4-17(5-2,13-10-8-7-9-11-13)16-18-14(12-21-16)15(19)20-6-3/h7-12H,4-6H2,1-3H3. The third-order valence-electron chi connectivity index (χ3n) is 3.93. The molecule has 0 unspecified atom stereocenters. The number of hydrogen-bond acceptors (Lipinski definition) is 4. The van der Waals surface area contributed by atoms with Crippen LogP contribution in [0.25, 0.3) is 0 Å². The van der Waals surface area contributed by atoms with Crippen LogP contribution in [0, 0.1) is 0 Å². The molecule has 21 heavy (non-hydrogen) atoms. The van der Waals surface area contributed by atoms with Gasteiger partial charge in [-0.1, -0.05) is 44.2 Å². The largest absolute Gasteiger partial charge is 0.461 e. The Labute approximate surface area is 130 Å². The average molecular weight is 303 g/mol. The molecule has 0 saturated carbocycles. The molecule has 112 valence electrons. The predicted octanol–water partition coefficient (Wildman–Crippen LogP) is 4.43.